The molecule has 2 aromatic heterocycles. The van der Waals surface area contributed by atoms with Gasteiger partial charge in [0.05, 0.1) is 13.1 Å². The van der Waals surface area contributed by atoms with E-state index >= 15 is 0 Å². The van der Waals surface area contributed by atoms with Crippen molar-refractivity contribution in [1.29, 1.82) is 0 Å². The van der Waals surface area contributed by atoms with Crippen molar-refractivity contribution in [3.8, 4) is 17.0 Å². The molecule has 4 aromatic rings. The van der Waals surface area contributed by atoms with Gasteiger partial charge in [0.1, 0.15) is 5.69 Å². The minimum atomic E-state index is -4.71. The summed E-state index contributed by atoms with van der Waals surface area (Å²) in [5, 5.41) is 0.428. The van der Waals surface area contributed by atoms with Gasteiger partial charge in [-0.05, 0) is 35.7 Å². The molecular weight excluding hydrogens is 531 g/mol. The van der Waals surface area contributed by atoms with Crippen molar-refractivity contribution in [2.24, 2.45) is 0 Å². The Kier molecular flexibility index (Phi) is 8.15. The van der Waals surface area contributed by atoms with E-state index in [0.717, 1.165) is 4.57 Å². The van der Waals surface area contributed by atoms with Gasteiger partial charge in [-0.3, -0.25) is 0 Å². The van der Waals surface area contributed by atoms with E-state index in [1.165, 1.54) is 18.9 Å². The molecule has 0 radical (unpaired) electrons. The number of ether oxygens (including phenoxy) is 1. The lowest BCUT2D eigenvalue weighted by atomic mass is 10.0. The molecule has 0 saturated heterocycles. The Morgan fingerprint density at radius 1 is 0.974 bits per heavy atom. The molecule has 0 fully saturated rings. The molecule has 11 heteroatoms. The van der Waals surface area contributed by atoms with Crippen LogP contribution in [-0.2, 0) is 19.3 Å². The predicted octanol–water partition coefficient (Wildman–Crippen LogP) is 6.67. The molecule has 2 aromatic carbocycles. The van der Waals surface area contributed by atoms with Crippen LogP contribution in [0, 0.1) is 6.92 Å². The number of benzene rings is 2. The van der Waals surface area contributed by atoms with Crippen LogP contribution < -0.4 is 9.64 Å². The third kappa shape index (κ3) is 6.34. The van der Waals surface area contributed by atoms with Gasteiger partial charge in [0, 0.05) is 49.7 Å². The lowest BCUT2D eigenvalue weighted by Gasteiger charge is -2.20. The summed E-state index contributed by atoms with van der Waals surface area (Å²) in [5.74, 6) is 0.299. The Bertz CT molecular complexity index is 1440. The molecule has 7 nitrogen and oxygen atoms in total. The molecule has 4 rings (SSSR count). The van der Waals surface area contributed by atoms with Gasteiger partial charge in [-0.15, -0.1) is 0 Å². The van der Waals surface area contributed by atoms with Gasteiger partial charge in [-0.1, -0.05) is 54.1 Å². The van der Waals surface area contributed by atoms with Crippen LogP contribution in [0.25, 0.3) is 11.1 Å². The molecule has 0 aliphatic rings. The van der Waals surface area contributed by atoms with Crippen LogP contribution in [-0.4, -0.2) is 46.7 Å². The summed E-state index contributed by atoms with van der Waals surface area (Å²) >= 11 is 6.03. The van der Waals surface area contributed by atoms with Crippen LogP contribution in [0.1, 0.15) is 22.4 Å². The van der Waals surface area contributed by atoms with Crippen LogP contribution in [0.2, 0.25) is 5.02 Å². The fraction of sp³-hybridized carbons (Fsp3) is 0.250. The minimum Gasteiger partial charge on any atom is -0.392 e. The number of rotatable bonds is 7. The Morgan fingerprint density at radius 2 is 1.59 bits per heavy atom. The highest BCUT2D eigenvalue weighted by Gasteiger charge is 2.41. The summed E-state index contributed by atoms with van der Waals surface area (Å²) in [6.45, 7) is 1.31. The normalized spacial score (nSPS) is 11.4. The molecule has 0 unspecified atom stereocenters. The van der Waals surface area contributed by atoms with Gasteiger partial charge in [0.2, 0.25) is 11.8 Å². The number of carbonyl (C=O) groups excluding carboxylic acids is 1. The van der Waals surface area contributed by atoms with Gasteiger partial charge in [0.15, 0.2) is 0 Å². The number of halogens is 4. The number of carbonyl (C=O) groups is 1. The van der Waals surface area contributed by atoms with Crippen molar-refractivity contribution in [1.82, 2.24) is 19.4 Å². The molecule has 0 N–H and O–H groups in total. The van der Waals surface area contributed by atoms with Crippen molar-refractivity contribution in [2.45, 2.75) is 26.2 Å². The first-order valence-corrected chi connectivity index (χ1v) is 12.3. The topological polar surface area (TPSA) is 63.5 Å². The first-order valence-electron chi connectivity index (χ1n) is 12.0. The van der Waals surface area contributed by atoms with Crippen LogP contribution >= 0.6 is 11.6 Å². The summed E-state index contributed by atoms with van der Waals surface area (Å²) in [6, 6.07) is 15.0. The molecule has 0 spiro atoms. The fourth-order valence-electron chi connectivity index (χ4n) is 4.22. The first-order chi connectivity index (χ1) is 18.5. The molecule has 204 valence electrons. The van der Waals surface area contributed by atoms with Gasteiger partial charge in [-0.2, -0.15) is 13.2 Å². The summed E-state index contributed by atoms with van der Waals surface area (Å²) in [7, 11) is 5.10. The van der Waals surface area contributed by atoms with Crippen molar-refractivity contribution >= 4 is 23.6 Å². The maximum Gasteiger partial charge on any atom is 0.431 e. The second-order valence-electron chi connectivity index (χ2n) is 9.24. The lowest BCUT2D eigenvalue weighted by molar-refractivity contribution is -0.144. The van der Waals surface area contributed by atoms with E-state index in [9.17, 15) is 18.0 Å². The molecule has 0 bridgehead atoms. The average molecular weight is 558 g/mol. The maximum absolute atomic E-state index is 14.4. The third-order valence-corrected chi connectivity index (χ3v) is 6.30. The fourth-order valence-corrected chi connectivity index (χ4v) is 4.35. The van der Waals surface area contributed by atoms with Crippen LogP contribution in [0.3, 0.4) is 0 Å². The second kappa shape index (κ2) is 11.4. The molecule has 0 aliphatic carbocycles. The number of alkyl halides is 3. The molecule has 0 saturated carbocycles. The van der Waals surface area contributed by atoms with Crippen LogP contribution in [0.4, 0.5) is 23.9 Å². The zero-order chi connectivity index (χ0) is 28.3. The van der Waals surface area contributed by atoms with Gasteiger partial charge < -0.3 is 19.1 Å². The molecule has 0 aliphatic heterocycles. The van der Waals surface area contributed by atoms with E-state index in [1.807, 2.05) is 0 Å². The highest BCUT2D eigenvalue weighted by atomic mass is 35.5. The van der Waals surface area contributed by atoms with E-state index in [1.54, 1.807) is 86.0 Å². The van der Waals surface area contributed by atoms with Gasteiger partial charge in [-0.25, -0.2) is 14.8 Å². The molecule has 39 heavy (non-hydrogen) atoms. The number of hydrogen-bond acceptors (Lipinski definition) is 5. The van der Waals surface area contributed by atoms with E-state index in [0.29, 0.717) is 27.7 Å². The SMILES string of the molecule is Cc1c(-c2ccc(Cl)cc2)c(OC(=O)N(C)Cc2cnc(N(C)C)nc2)n(Cc2ccccc2)c1C(F)(F)F. The lowest BCUT2D eigenvalue weighted by Crippen LogP contribution is -2.30. The standard InChI is InChI=1S/C28H27ClF3N5O2/c1-18-23(21-10-12-22(29)13-11-21)25(37(24(18)28(30,31)32)17-19-8-6-5-7-9-19)39-27(38)36(4)16-20-14-33-26(34-15-20)35(2)3/h5-15H,16-17H2,1-4H3. The molecule has 1 amide bonds. The highest BCUT2D eigenvalue weighted by Crippen LogP contribution is 2.45. The number of anilines is 1. The number of hydrogen-bond donors (Lipinski definition) is 0. The molecular formula is C28H27ClF3N5O2. The van der Waals surface area contributed by atoms with E-state index in [4.69, 9.17) is 16.3 Å². The molecule has 0 atom stereocenters. The number of aromatic nitrogens is 3. The highest BCUT2D eigenvalue weighted by molar-refractivity contribution is 6.30. The van der Waals surface area contributed by atoms with E-state index < -0.39 is 18.0 Å². The maximum atomic E-state index is 14.4. The van der Waals surface area contributed by atoms with E-state index in [-0.39, 0.29) is 30.1 Å². The van der Waals surface area contributed by atoms with Crippen molar-refractivity contribution < 1.29 is 22.7 Å². The van der Waals surface area contributed by atoms with Crippen LogP contribution in [0.5, 0.6) is 5.88 Å². The van der Waals surface area contributed by atoms with E-state index in [2.05, 4.69) is 9.97 Å². The summed E-state index contributed by atoms with van der Waals surface area (Å²) in [6.07, 6.45) is -2.38. The quantitative estimate of drug-likeness (QED) is 0.254. The largest absolute Gasteiger partial charge is 0.431 e. The third-order valence-electron chi connectivity index (χ3n) is 6.05. The van der Waals surface area contributed by atoms with Gasteiger partial charge in [0.25, 0.3) is 0 Å². The summed E-state index contributed by atoms with van der Waals surface area (Å²) in [4.78, 5) is 24.7. The van der Waals surface area contributed by atoms with Crippen LogP contribution in [0.15, 0.2) is 67.0 Å². The average Bonchev–Trinajstić information content (AvgIpc) is 3.16. The Morgan fingerprint density at radius 3 is 2.15 bits per heavy atom. The van der Waals surface area contributed by atoms with Crippen molar-refractivity contribution in [3.05, 3.63) is 94.4 Å². The zero-order valence-electron chi connectivity index (χ0n) is 21.8. The predicted molar refractivity (Wildman–Crippen MR) is 144 cm³/mol. The first kappa shape index (κ1) is 28.0. The number of amides is 1. The summed E-state index contributed by atoms with van der Waals surface area (Å²) < 4.78 is 50.1. The number of nitrogens with zero attached hydrogens (tertiary/aromatic N) is 5. The summed E-state index contributed by atoms with van der Waals surface area (Å²) in [5.41, 5.74) is 0.894. The van der Waals surface area contributed by atoms with Crippen molar-refractivity contribution in [2.75, 3.05) is 26.0 Å². The minimum absolute atomic E-state index is 0.0566. The zero-order valence-corrected chi connectivity index (χ0v) is 22.6. The molecule has 2 heterocycles. The second-order valence-corrected chi connectivity index (χ2v) is 9.68. The van der Waals surface area contributed by atoms with Gasteiger partial charge >= 0.3 is 12.3 Å². The Labute approximate surface area is 229 Å². The Hall–Kier alpha value is -4.05. The Balaban J connectivity index is 1.76. The monoisotopic (exact) mass is 557 g/mol. The smallest absolute Gasteiger partial charge is 0.392 e. The van der Waals surface area contributed by atoms with Crippen molar-refractivity contribution in [3.63, 3.8) is 0 Å².